The van der Waals surface area contributed by atoms with Crippen LogP contribution in [0.2, 0.25) is 0 Å². The summed E-state index contributed by atoms with van der Waals surface area (Å²) in [4.78, 5) is 2.57. The van der Waals surface area contributed by atoms with E-state index in [9.17, 15) is 0 Å². The molecule has 0 aliphatic heterocycles. The maximum Gasteiger partial charge on any atom is 0.0923 e. The molecule has 1 nitrogen and oxygen atoms in total. The molecule has 6 aromatic carbocycles. The molecule has 0 heterocycles. The van der Waals surface area contributed by atoms with Crippen LogP contribution in [0, 0.1) is 0 Å². The van der Waals surface area contributed by atoms with Crippen LogP contribution in [-0.2, 0) is 11.0 Å². The summed E-state index contributed by atoms with van der Waals surface area (Å²) in [5.74, 6) is 0. The van der Waals surface area contributed by atoms with Crippen LogP contribution in [0.5, 0.6) is 0 Å². The highest BCUT2D eigenvalue weighted by atomic mass is 15.2. The summed E-state index contributed by atoms with van der Waals surface area (Å²) in [6, 6.07) is 57.5. The zero-order valence-corrected chi connectivity index (χ0v) is 26.4. The van der Waals surface area contributed by atoms with Crippen molar-refractivity contribution in [1.29, 1.82) is 0 Å². The van der Waals surface area contributed by atoms with Gasteiger partial charge >= 0.3 is 0 Å². The smallest absolute Gasteiger partial charge is 0.0923 e. The van der Waals surface area contributed by atoms with Gasteiger partial charge in [0.2, 0.25) is 0 Å². The lowest BCUT2D eigenvalue weighted by Gasteiger charge is -2.45. The first-order chi connectivity index (χ1) is 22.5. The molecule has 0 fully saturated rings. The molecule has 0 radical (unpaired) electrons. The van der Waals surface area contributed by atoms with Gasteiger partial charge in [0.15, 0.2) is 0 Å². The molecule has 222 valence electrons. The Morgan fingerprint density at radius 2 is 1.07 bits per heavy atom. The van der Waals surface area contributed by atoms with E-state index < -0.39 is 5.54 Å². The van der Waals surface area contributed by atoms with Gasteiger partial charge in [-0.3, -0.25) is 0 Å². The van der Waals surface area contributed by atoms with E-state index in [1.807, 2.05) is 0 Å². The van der Waals surface area contributed by atoms with Gasteiger partial charge in [-0.05, 0) is 80.8 Å². The number of hydrogen-bond donors (Lipinski definition) is 0. The van der Waals surface area contributed by atoms with Gasteiger partial charge in [0, 0.05) is 16.8 Å². The van der Waals surface area contributed by atoms with Crippen molar-refractivity contribution in [3.05, 3.63) is 198 Å². The van der Waals surface area contributed by atoms with Crippen LogP contribution in [0.15, 0.2) is 176 Å². The Morgan fingerprint density at radius 1 is 0.500 bits per heavy atom. The zero-order chi connectivity index (χ0) is 31.1. The monoisotopic (exact) mass is 591 g/mol. The number of benzene rings is 6. The molecule has 2 aliphatic rings. The molecule has 1 unspecified atom stereocenters. The standard InChI is InChI=1S/C45H37N/c1-44(2)42-21-13-12-20-40(42)41-27-26-39(32-43(41)44)46(38-24-22-35(23-25-38)33-14-6-3-7-15-33)45(37-18-10-5-11-19-37)30-28-36(29-31-45)34-16-8-4-9-17-34/h3-30,32H,31H2,1-2H3. The van der Waals surface area contributed by atoms with Crippen molar-refractivity contribution in [3.8, 4) is 22.3 Å². The summed E-state index contributed by atoms with van der Waals surface area (Å²) < 4.78 is 0. The first-order valence-electron chi connectivity index (χ1n) is 16.3. The third kappa shape index (κ3) is 4.63. The average Bonchev–Trinajstić information content (AvgIpc) is 3.36. The molecule has 0 saturated heterocycles. The van der Waals surface area contributed by atoms with E-state index in [1.54, 1.807) is 0 Å². The summed E-state index contributed by atoms with van der Waals surface area (Å²) in [7, 11) is 0. The van der Waals surface area contributed by atoms with E-state index in [-0.39, 0.29) is 5.41 Å². The summed E-state index contributed by atoms with van der Waals surface area (Å²) in [6.45, 7) is 4.73. The number of allylic oxidation sites excluding steroid dienone is 2. The molecule has 0 bridgehead atoms. The van der Waals surface area contributed by atoms with Gasteiger partial charge in [-0.25, -0.2) is 0 Å². The van der Waals surface area contributed by atoms with E-state index >= 15 is 0 Å². The SMILES string of the molecule is CC1(C)c2ccccc2-c2ccc(N(c3ccc(-c4ccccc4)cc3)C3(c4ccccc4)C=CC(c4ccccc4)=CC3)cc21. The van der Waals surface area contributed by atoms with Crippen LogP contribution in [0.4, 0.5) is 11.4 Å². The van der Waals surface area contributed by atoms with Crippen molar-refractivity contribution in [3.63, 3.8) is 0 Å². The fourth-order valence-electron chi connectivity index (χ4n) is 7.58. The number of rotatable bonds is 6. The highest BCUT2D eigenvalue weighted by Gasteiger charge is 2.41. The first-order valence-corrected chi connectivity index (χ1v) is 16.3. The quantitative estimate of drug-likeness (QED) is 0.186. The number of nitrogens with zero attached hydrogens (tertiary/aromatic N) is 1. The van der Waals surface area contributed by atoms with Gasteiger partial charge in [-0.1, -0.05) is 166 Å². The lowest BCUT2D eigenvalue weighted by molar-refractivity contribution is 0.547. The molecular formula is C45H37N. The Kier molecular flexibility index (Phi) is 6.84. The minimum absolute atomic E-state index is 0.0898. The van der Waals surface area contributed by atoms with E-state index in [0.29, 0.717) is 0 Å². The molecule has 46 heavy (non-hydrogen) atoms. The lowest BCUT2D eigenvalue weighted by atomic mass is 9.78. The van der Waals surface area contributed by atoms with Crippen LogP contribution in [0.25, 0.3) is 27.8 Å². The van der Waals surface area contributed by atoms with Crippen molar-refractivity contribution in [2.75, 3.05) is 4.90 Å². The predicted octanol–water partition coefficient (Wildman–Crippen LogP) is 11.7. The fourth-order valence-corrected chi connectivity index (χ4v) is 7.58. The molecule has 8 rings (SSSR count). The highest BCUT2D eigenvalue weighted by molar-refractivity contribution is 5.85. The zero-order valence-electron chi connectivity index (χ0n) is 26.4. The van der Waals surface area contributed by atoms with Gasteiger partial charge in [0.05, 0.1) is 5.54 Å². The maximum atomic E-state index is 2.57. The van der Waals surface area contributed by atoms with Crippen molar-refractivity contribution in [2.24, 2.45) is 0 Å². The Hall–Kier alpha value is -5.40. The van der Waals surface area contributed by atoms with Crippen LogP contribution in [0.1, 0.15) is 42.5 Å². The van der Waals surface area contributed by atoms with Crippen LogP contribution >= 0.6 is 0 Å². The molecule has 6 aromatic rings. The summed E-state index contributed by atoms with van der Waals surface area (Å²) in [6.07, 6.45) is 8.01. The van der Waals surface area contributed by atoms with E-state index in [2.05, 4.69) is 195 Å². The molecule has 2 aliphatic carbocycles. The Labute approximate surface area is 272 Å². The topological polar surface area (TPSA) is 3.24 Å². The molecule has 1 heteroatoms. The fraction of sp³-hybridized carbons (Fsp3) is 0.111. The minimum Gasteiger partial charge on any atom is -0.327 e. The molecular weight excluding hydrogens is 555 g/mol. The molecule has 0 N–H and O–H groups in total. The Morgan fingerprint density at radius 3 is 1.74 bits per heavy atom. The first kappa shape index (κ1) is 28.1. The maximum absolute atomic E-state index is 2.57. The number of fused-ring (bicyclic) bond motifs is 3. The van der Waals surface area contributed by atoms with Gasteiger partial charge in [-0.15, -0.1) is 0 Å². The molecule has 0 aromatic heterocycles. The largest absolute Gasteiger partial charge is 0.327 e. The lowest BCUT2D eigenvalue weighted by Crippen LogP contribution is -2.42. The summed E-state index contributed by atoms with van der Waals surface area (Å²) in [5, 5.41) is 0. The number of anilines is 2. The van der Waals surface area contributed by atoms with Crippen molar-refractivity contribution in [2.45, 2.75) is 31.2 Å². The van der Waals surface area contributed by atoms with Crippen LogP contribution in [-0.4, -0.2) is 0 Å². The normalized spacial score (nSPS) is 17.6. The minimum atomic E-state index is -0.433. The van der Waals surface area contributed by atoms with Crippen molar-refractivity contribution < 1.29 is 0 Å². The second kappa shape index (κ2) is 11.2. The summed E-state index contributed by atoms with van der Waals surface area (Å²) >= 11 is 0. The van der Waals surface area contributed by atoms with Gasteiger partial charge in [0.25, 0.3) is 0 Å². The summed E-state index contributed by atoms with van der Waals surface area (Å²) in [5.41, 5.74) is 13.5. The van der Waals surface area contributed by atoms with Gasteiger partial charge in [0.1, 0.15) is 0 Å². The van der Waals surface area contributed by atoms with E-state index in [4.69, 9.17) is 0 Å². The molecule has 0 spiro atoms. The van der Waals surface area contributed by atoms with Crippen molar-refractivity contribution in [1.82, 2.24) is 0 Å². The predicted molar refractivity (Wildman–Crippen MR) is 194 cm³/mol. The van der Waals surface area contributed by atoms with Crippen LogP contribution in [0.3, 0.4) is 0 Å². The third-order valence-electron chi connectivity index (χ3n) is 10.0. The number of hydrogen-bond acceptors (Lipinski definition) is 1. The molecule has 0 amide bonds. The second-order valence-electron chi connectivity index (χ2n) is 13.0. The average molecular weight is 592 g/mol. The second-order valence-corrected chi connectivity index (χ2v) is 13.0. The Balaban J connectivity index is 1.32. The van der Waals surface area contributed by atoms with Crippen LogP contribution < -0.4 is 4.90 Å². The van der Waals surface area contributed by atoms with E-state index in [1.165, 1.54) is 55.8 Å². The van der Waals surface area contributed by atoms with E-state index in [0.717, 1.165) is 12.1 Å². The molecule has 0 saturated carbocycles. The molecule has 1 atom stereocenters. The van der Waals surface area contributed by atoms with Gasteiger partial charge < -0.3 is 4.90 Å². The van der Waals surface area contributed by atoms with Gasteiger partial charge in [-0.2, -0.15) is 0 Å². The van der Waals surface area contributed by atoms with Crippen molar-refractivity contribution >= 4 is 16.9 Å². The third-order valence-corrected chi connectivity index (χ3v) is 10.0. The highest BCUT2D eigenvalue weighted by Crippen LogP contribution is 2.52. The Bertz CT molecular complexity index is 2070.